The van der Waals surface area contributed by atoms with Crippen molar-refractivity contribution in [3.63, 3.8) is 0 Å². The number of benzene rings is 1. The summed E-state index contributed by atoms with van der Waals surface area (Å²) in [5, 5.41) is 11.7. The fraction of sp³-hybridized carbons (Fsp3) is 0.364. The van der Waals surface area contributed by atoms with Crippen LogP contribution in [0.5, 0.6) is 0 Å². The van der Waals surface area contributed by atoms with E-state index in [1.165, 1.54) is 7.11 Å². The van der Waals surface area contributed by atoms with E-state index in [9.17, 15) is 4.79 Å². The second-order valence-electron chi connectivity index (χ2n) is 3.17. The van der Waals surface area contributed by atoms with Gasteiger partial charge in [-0.05, 0) is 30.7 Å². The summed E-state index contributed by atoms with van der Waals surface area (Å²) in [6.45, 7) is 2.42. The molecule has 0 aliphatic rings. The Kier molecular flexibility index (Phi) is 4.12. The van der Waals surface area contributed by atoms with Crippen LogP contribution in [0.15, 0.2) is 18.2 Å². The lowest BCUT2D eigenvalue weighted by Crippen LogP contribution is -2.07. The van der Waals surface area contributed by atoms with Gasteiger partial charge in [-0.1, -0.05) is 0 Å². The highest BCUT2D eigenvalue weighted by Crippen LogP contribution is 2.15. The molecule has 4 heteroatoms. The summed E-state index contributed by atoms with van der Waals surface area (Å²) < 4.78 is 4.64. The fourth-order valence-corrected chi connectivity index (χ4v) is 1.31. The molecule has 4 nitrogen and oxygen atoms in total. The first-order valence-corrected chi connectivity index (χ1v) is 4.72. The molecule has 1 aromatic carbocycles. The van der Waals surface area contributed by atoms with E-state index in [1.54, 1.807) is 12.1 Å². The van der Waals surface area contributed by atoms with Crippen LogP contribution in [-0.4, -0.2) is 31.3 Å². The monoisotopic (exact) mass is 209 g/mol. The molecule has 0 radical (unpaired) electrons. The first-order valence-electron chi connectivity index (χ1n) is 4.72. The van der Waals surface area contributed by atoms with Crippen LogP contribution in [0, 0.1) is 6.92 Å². The predicted octanol–water partition coefficient (Wildman–Crippen LogP) is 1.19. The molecule has 1 aromatic rings. The number of nitrogens with one attached hydrogen (secondary N) is 1. The SMILES string of the molecule is COC(=O)c1ccc(NCCO)cc1C. The normalized spacial score (nSPS) is 9.80. The number of ether oxygens (including phenoxy) is 1. The zero-order valence-corrected chi connectivity index (χ0v) is 8.91. The van der Waals surface area contributed by atoms with Crippen LogP contribution < -0.4 is 5.32 Å². The molecule has 0 amide bonds. The van der Waals surface area contributed by atoms with Gasteiger partial charge in [-0.25, -0.2) is 4.79 Å². The lowest BCUT2D eigenvalue weighted by Gasteiger charge is -2.08. The Hall–Kier alpha value is -1.55. The fourth-order valence-electron chi connectivity index (χ4n) is 1.31. The molecule has 0 bridgehead atoms. The average Bonchev–Trinajstić information content (AvgIpc) is 2.25. The topological polar surface area (TPSA) is 58.6 Å². The third-order valence-electron chi connectivity index (χ3n) is 2.07. The van der Waals surface area contributed by atoms with Gasteiger partial charge in [-0.2, -0.15) is 0 Å². The number of carbonyl (C=O) groups excluding carboxylic acids is 1. The van der Waals surface area contributed by atoms with Gasteiger partial charge in [0, 0.05) is 12.2 Å². The van der Waals surface area contributed by atoms with Gasteiger partial charge in [0.2, 0.25) is 0 Å². The molecule has 15 heavy (non-hydrogen) atoms. The largest absolute Gasteiger partial charge is 0.465 e. The van der Waals surface area contributed by atoms with Gasteiger partial charge in [-0.3, -0.25) is 0 Å². The lowest BCUT2D eigenvalue weighted by molar-refractivity contribution is 0.0600. The molecule has 82 valence electrons. The standard InChI is InChI=1S/C11H15NO3/c1-8-7-9(12-5-6-13)3-4-10(8)11(14)15-2/h3-4,7,12-13H,5-6H2,1-2H3. The van der Waals surface area contributed by atoms with E-state index >= 15 is 0 Å². The molecular formula is C11H15NO3. The van der Waals surface area contributed by atoms with Crippen LogP contribution >= 0.6 is 0 Å². The van der Waals surface area contributed by atoms with Gasteiger partial charge >= 0.3 is 5.97 Å². The summed E-state index contributed by atoms with van der Waals surface area (Å²) in [6.07, 6.45) is 0. The number of rotatable bonds is 4. The summed E-state index contributed by atoms with van der Waals surface area (Å²) in [4.78, 5) is 11.3. The minimum Gasteiger partial charge on any atom is -0.465 e. The van der Waals surface area contributed by atoms with E-state index in [1.807, 2.05) is 13.0 Å². The van der Waals surface area contributed by atoms with Crippen LogP contribution in [0.1, 0.15) is 15.9 Å². The molecule has 0 aliphatic carbocycles. The van der Waals surface area contributed by atoms with Crippen molar-refractivity contribution < 1.29 is 14.6 Å². The van der Waals surface area contributed by atoms with Crippen molar-refractivity contribution in [2.75, 3.05) is 25.6 Å². The van der Waals surface area contributed by atoms with Crippen LogP contribution in [-0.2, 0) is 4.74 Å². The zero-order chi connectivity index (χ0) is 11.3. The van der Waals surface area contributed by atoms with Crippen molar-refractivity contribution in [2.45, 2.75) is 6.92 Å². The summed E-state index contributed by atoms with van der Waals surface area (Å²) >= 11 is 0. The molecule has 0 spiro atoms. The maximum Gasteiger partial charge on any atom is 0.338 e. The summed E-state index contributed by atoms with van der Waals surface area (Å²) in [5.41, 5.74) is 2.30. The third-order valence-corrected chi connectivity index (χ3v) is 2.07. The number of aliphatic hydroxyl groups is 1. The number of esters is 1. The zero-order valence-electron chi connectivity index (χ0n) is 8.91. The molecule has 2 N–H and O–H groups in total. The Morgan fingerprint density at radius 2 is 2.27 bits per heavy atom. The smallest absolute Gasteiger partial charge is 0.338 e. The summed E-state index contributed by atoms with van der Waals surface area (Å²) in [7, 11) is 1.36. The maximum atomic E-state index is 11.3. The lowest BCUT2D eigenvalue weighted by atomic mass is 10.1. The van der Waals surface area contributed by atoms with E-state index in [0.717, 1.165) is 11.3 Å². The molecule has 0 saturated carbocycles. The molecule has 0 unspecified atom stereocenters. The summed E-state index contributed by atoms with van der Waals surface area (Å²) in [5.74, 6) is -0.332. The van der Waals surface area contributed by atoms with E-state index in [-0.39, 0.29) is 12.6 Å². The van der Waals surface area contributed by atoms with Crippen LogP contribution in [0.2, 0.25) is 0 Å². The van der Waals surface area contributed by atoms with Crippen LogP contribution in [0.3, 0.4) is 0 Å². The van der Waals surface area contributed by atoms with E-state index in [2.05, 4.69) is 10.1 Å². The first kappa shape index (κ1) is 11.5. The molecule has 1 rings (SSSR count). The minimum absolute atomic E-state index is 0.0812. The average molecular weight is 209 g/mol. The molecule has 0 fully saturated rings. The van der Waals surface area contributed by atoms with Crippen LogP contribution in [0.25, 0.3) is 0 Å². The number of methoxy groups -OCH3 is 1. The molecule has 0 saturated heterocycles. The molecular weight excluding hydrogens is 194 g/mol. The van der Waals surface area contributed by atoms with Gasteiger partial charge in [0.05, 0.1) is 19.3 Å². The maximum absolute atomic E-state index is 11.3. The number of hydrogen-bond donors (Lipinski definition) is 2. The van der Waals surface area contributed by atoms with Gasteiger partial charge < -0.3 is 15.2 Å². The third kappa shape index (κ3) is 2.95. The molecule has 0 aliphatic heterocycles. The Morgan fingerprint density at radius 1 is 1.53 bits per heavy atom. The van der Waals surface area contributed by atoms with Crippen molar-refractivity contribution in [3.8, 4) is 0 Å². The van der Waals surface area contributed by atoms with E-state index < -0.39 is 0 Å². The first-order chi connectivity index (χ1) is 7.19. The van der Waals surface area contributed by atoms with Gasteiger partial charge in [0.25, 0.3) is 0 Å². The number of aryl methyl sites for hydroxylation is 1. The number of carbonyl (C=O) groups is 1. The van der Waals surface area contributed by atoms with Crippen molar-refractivity contribution in [1.82, 2.24) is 0 Å². The highest BCUT2D eigenvalue weighted by atomic mass is 16.5. The van der Waals surface area contributed by atoms with Crippen molar-refractivity contribution in [3.05, 3.63) is 29.3 Å². The Morgan fingerprint density at radius 3 is 2.80 bits per heavy atom. The quantitative estimate of drug-likeness (QED) is 0.731. The van der Waals surface area contributed by atoms with Crippen LogP contribution in [0.4, 0.5) is 5.69 Å². The van der Waals surface area contributed by atoms with E-state index in [4.69, 9.17) is 5.11 Å². The highest BCUT2D eigenvalue weighted by molar-refractivity contribution is 5.91. The van der Waals surface area contributed by atoms with Crippen molar-refractivity contribution >= 4 is 11.7 Å². The minimum atomic E-state index is -0.332. The summed E-state index contributed by atoms with van der Waals surface area (Å²) in [6, 6.07) is 5.34. The molecule has 0 atom stereocenters. The van der Waals surface area contributed by atoms with Crippen molar-refractivity contribution in [1.29, 1.82) is 0 Å². The molecule has 0 heterocycles. The number of hydrogen-bond acceptors (Lipinski definition) is 4. The van der Waals surface area contributed by atoms with Crippen molar-refractivity contribution in [2.24, 2.45) is 0 Å². The Balaban J connectivity index is 2.83. The van der Waals surface area contributed by atoms with Gasteiger partial charge in [-0.15, -0.1) is 0 Å². The highest BCUT2D eigenvalue weighted by Gasteiger charge is 2.08. The predicted molar refractivity (Wildman–Crippen MR) is 58.1 cm³/mol. The van der Waals surface area contributed by atoms with E-state index in [0.29, 0.717) is 12.1 Å². The Bertz CT molecular complexity index is 350. The second kappa shape index (κ2) is 5.36. The Labute approximate surface area is 88.9 Å². The number of aliphatic hydroxyl groups excluding tert-OH is 1. The molecule has 0 aromatic heterocycles. The van der Waals surface area contributed by atoms with Gasteiger partial charge in [0.1, 0.15) is 0 Å². The second-order valence-corrected chi connectivity index (χ2v) is 3.17. The van der Waals surface area contributed by atoms with Gasteiger partial charge in [0.15, 0.2) is 0 Å². The number of anilines is 1.